The molecule has 1 aromatic heterocycles. The normalized spacial score (nSPS) is 17.7. The van der Waals surface area contributed by atoms with Crippen molar-refractivity contribution in [2.75, 3.05) is 5.43 Å². The molecule has 20 heavy (non-hydrogen) atoms. The number of fused-ring (bicyclic) bond motifs is 2. The summed E-state index contributed by atoms with van der Waals surface area (Å²) in [4.78, 5) is 16.8. The van der Waals surface area contributed by atoms with Gasteiger partial charge < -0.3 is 0 Å². The van der Waals surface area contributed by atoms with Crippen molar-refractivity contribution in [1.82, 2.24) is 10.4 Å². The van der Waals surface area contributed by atoms with E-state index >= 15 is 0 Å². The van der Waals surface area contributed by atoms with Crippen LogP contribution in [0.4, 0.5) is 5.69 Å². The number of amides is 1. The number of hydrazine groups is 1. The Labute approximate surface area is 117 Å². The van der Waals surface area contributed by atoms with E-state index in [1.807, 2.05) is 18.2 Å². The van der Waals surface area contributed by atoms with E-state index in [2.05, 4.69) is 10.9 Å². The summed E-state index contributed by atoms with van der Waals surface area (Å²) in [6.45, 7) is 0. The number of nitrogens with zero attached hydrogens (tertiary/aromatic N) is 1. The molecule has 2 heterocycles. The first kappa shape index (κ1) is 11.7. The molecular formula is C16H17N3O. The largest absolute Gasteiger partial charge is 0.297 e. The SMILES string of the molecule is O=C1NNc2c3c(nc4cccc1c24)CCCCCC3. The molecule has 0 bridgehead atoms. The number of anilines is 1. The number of hydrogen-bond acceptors (Lipinski definition) is 3. The average molecular weight is 267 g/mol. The van der Waals surface area contributed by atoms with Crippen LogP contribution in [0.25, 0.3) is 10.9 Å². The minimum atomic E-state index is -0.0734. The summed E-state index contributed by atoms with van der Waals surface area (Å²) < 4.78 is 0. The van der Waals surface area contributed by atoms with Crippen molar-refractivity contribution in [1.29, 1.82) is 0 Å². The third-order valence-electron chi connectivity index (χ3n) is 4.33. The predicted octanol–water partition coefficient (Wildman–Crippen LogP) is 2.96. The summed E-state index contributed by atoms with van der Waals surface area (Å²) >= 11 is 0. The number of pyridine rings is 1. The molecule has 0 fully saturated rings. The van der Waals surface area contributed by atoms with Crippen LogP contribution in [-0.4, -0.2) is 10.9 Å². The summed E-state index contributed by atoms with van der Waals surface area (Å²) in [5.41, 5.74) is 11.1. The van der Waals surface area contributed by atoms with Crippen LogP contribution < -0.4 is 10.9 Å². The van der Waals surface area contributed by atoms with Crippen LogP contribution in [0, 0.1) is 0 Å². The van der Waals surface area contributed by atoms with Gasteiger partial charge in [0.25, 0.3) is 5.91 Å². The van der Waals surface area contributed by atoms with Crippen LogP contribution in [0.3, 0.4) is 0 Å². The second-order valence-corrected chi connectivity index (χ2v) is 5.61. The van der Waals surface area contributed by atoms with E-state index in [4.69, 9.17) is 4.98 Å². The van der Waals surface area contributed by atoms with Crippen molar-refractivity contribution >= 4 is 22.5 Å². The summed E-state index contributed by atoms with van der Waals surface area (Å²) in [7, 11) is 0. The maximum absolute atomic E-state index is 12.0. The number of aryl methyl sites for hydroxylation is 1. The molecule has 0 atom stereocenters. The van der Waals surface area contributed by atoms with Crippen molar-refractivity contribution in [3.05, 3.63) is 35.0 Å². The van der Waals surface area contributed by atoms with Gasteiger partial charge in [0.1, 0.15) is 0 Å². The van der Waals surface area contributed by atoms with Gasteiger partial charge in [0.15, 0.2) is 0 Å². The Morgan fingerprint density at radius 3 is 2.75 bits per heavy atom. The van der Waals surface area contributed by atoms with Gasteiger partial charge in [0, 0.05) is 11.1 Å². The molecule has 1 aliphatic carbocycles. The van der Waals surface area contributed by atoms with Gasteiger partial charge in [-0.15, -0.1) is 0 Å². The smallest absolute Gasteiger partial charge is 0.270 e. The first-order chi connectivity index (χ1) is 9.84. The third-order valence-corrected chi connectivity index (χ3v) is 4.33. The van der Waals surface area contributed by atoms with Gasteiger partial charge in [-0.1, -0.05) is 18.9 Å². The van der Waals surface area contributed by atoms with E-state index in [-0.39, 0.29) is 5.91 Å². The number of aromatic nitrogens is 1. The van der Waals surface area contributed by atoms with Crippen LogP contribution >= 0.6 is 0 Å². The van der Waals surface area contributed by atoms with Crippen LogP contribution in [0.1, 0.15) is 47.3 Å². The molecule has 0 radical (unpaired) electrons. The summed E-state index contributed by atoms with van der Waals surface area (Å²) in [6, 6.07) is 5.79. The topological polar surface area (TPSA) is 54.0 Å². The van der Waals surface area contributed by atoms with Crippen molar-refractivity contribution in [3.8, 4) is 0 Å². The lowest BCUT2D eigenvalue weighted by Gasteiger charge is -2.25. The fraction of sp³-hybridized carbons (Fsp3) is 0.375. The van der Waals surface area contributed by atoms with Crippen molar-refractivity contribution in [2.45, 2.75) is 38.5 Å². The first-order valence-corrected chi connectivity index (χ1v) is 7.35. The van der Waals surface area contributed by atoms with E-state index in [0.29, 0.717) is 0 Å². The molecule has 2 N–H and O–H groups in total. The number of benzene rings is 1. The number of nitrogens with one attached hydrogen (secondary N) is 2. The Hall–Kier alpha value is -2.10. The highest BCUT2D eigenvalue weighted by Crippen LogP contribution is 2.35. The van der Waals surface area contributed by atoms with Crippen molar-refractivity contribution in [3.63, 3.8) is 0 Å². The average Bonchev–Trinajstić information content (AvgIpc) is 2.44. The number of carbonyl (C=O) groups is 1. The van der Waals surface area contributed by atoms with Crippen LogP contribution in [0.15, 0.2) is 18.2 Å². The van der Waals surface area contributed by atoms with Gasteiger partial charge in [-0.25, -0.2) is 0 Å². The van der Waals surface area contributed by atoms with E-state index in [1.165, 1.54) is 36.9 Å². The van der Waals surface area contributed by atoms with Gasteiger partial charge >= 0.3 is 0 Å². The molecule has 4 heteroatoms. The van der Waals surface area contributed by atoms with Crippen molar-refractivity contribution in [2.24, 2.45) is 0 Å². The maximum atomic E-state index is 12.0. The fourth-order valence-corrected chi connectivity index (χ4v) is 3.34. The Morgan fingerprint density at radius 1 is 1.00 bits per heavy atom. The number of rotatable bonds is 0. The Kier molecular flexibility index (Phi) is 2.62. The minimum absolute atomic E-state index is 0.0734. The maximum Gasteiger partial charge on any atom is 0.270 e. The minimum Gasteiger partial charge on any atom is -0.297 e. The monoisotopic (exact) mass is 267 g/mol. The van der Waals surface area contributed by atoms with E-state index in [9.17, 15) is 4.79 Å². The lowest BCUT2D eigenvalue weighted by atomic mass is 9.92. The quantitative estimate of drug-likeness (QED) is 0.771. The highest BCUT2D eigenvalue weighted by Gasteiger charge is 2.24. The van der Waals surface area contributed by atoms with Gasteiger partial charge in [0.05, 0.1) is 16.8 Å². The lowest BCUT2D eigenvalue weighted by Crippen LogP contribution is -2.34. The standard InChI is InChI=1S/C16H17N3O/c20-16-11-7-5-9-13-14(11)15(18-19-16)10-6-3-1-2-4-8-12(10)17-13/h5,7,9,18H,1-4,6,8H2,(H,19,20). The van der Waals surface area contributed by atoms with Gasteiger partial charge in [-0.3, -0.25) is 20.6 Å². The van der Waals surface area contributed by atoms with Crippen LogP contribution in [-0.2, 0) is 12.8 Å². The molecular weight excluding hydrogens is 250 g/mol. The van der Waals surface area contributed by atoms with E-state index in [0.717, 1.165) is 35.0 Å². The van der Waals surface area contributed by atoms with Gasteiger partial charge in [-0.05, 0) is 43.4 Å². The summed E-state index contributed by atoms with van der Waals surface area (Å²) in [5, 5.41) is 0.982. The molecule has 4 nitrogen and oxygen atoms in total. The second-order valence-electron chi connectivity index (χ2n) is 5.61. The van der Waals surface area contributed by atoms with Crippen LogP contribution in [0.5, 0.6) is 0 Å². The predicted molar refractivity (Wildman–Crippen MR) is 78.7 cm³/mol. The molecule has 1 aliphatic heterocycles. The summed E-state index contributed by atoms with van der Waals surface area (Å²) in [6.07, 6.45) is 7.06. The first-order valence-electron chi connectivity index (χ1n) is 7.35. The van der Waals surface area contributed by atoms with Crippen LogP contribution in [0.2, 0.25) is 0 Å². The molecule has 102 valence electrons. The zero-order chi connectivity index (χ0) is 13.5. The number of carbonyl (C=O) groups excluding carboxylic acids is 1. The highest BCUT2D eigenvalue weighted by atomic mass is 16.2. The zero-order valence-electron chi connectivity index (χ0n) is 11.3. The molecule has 0 saturated carbocycles. The number of hydrogen-bond donors (Lipinski definition) is 2. The molecule has 0 spiro atoms. The molecule has 4 rings (SSSR count). The molecule has 0 unspecified atom stereocenters. The zero-order valence-corrected chi connectivity index (χ0v) is 11.3. The summed E-state index contributed by atoms with van der Waals surface area (Å²) in [5.74, 6) is -0.0734. The fourth-order valence-electron chi connectivity index (χ4n) is 3.34. The Morgan fingerprint density at radius 2 is 1.85 bits per heavy atom. The lowest BCUT2D eigenvalue weighted by molar-refractivity contribution is 0.0962. The van der Waals surface area contributed by atoms with Gasteiger partial charge in [0.2, 0.25) is 0 Å². The second kappa shape index (κ2) is 4.47. The molecule has 0 saturated heterocycles. The molecule has 1 aromatic carbocycles. The Bertz CT molecular complexity index is 708. The highest BCUT2D eigenvalue weighted by molar-refractivity contribution is 6.14. The van der Waals surface area contributed by atoms with Crippen molar-refractivity contribution < 1.29 is 4.79 Å². The molecule has 2 aliphatic rings. The van der Waals surface area contributed by atoms with E-state index < -0.39 is 0 Å². The Balaban J connectivity index is 2.03. The molecule has 2 aromatic rings. The van der Waals surface area contributed by atoms with Gasteiger partial charge in [-0.2, -0.15) is 0 Å². The van der Waals surface area contributed by atoms with E-state index in [1.54, 1.807) is 0 Å². The molecule has 1 amide bonds. The third kappa shape index (κ3) is 1.68.